The van der Waals surface area contributed by atoms with Gasteiger partial charge in [-0.3, -0.25) is 9.59 Å². The van der Waals surface area contributed by atoms with Crippen molar-refractivity contribution in [1.82, 2.24) is 20.6 Å². The number of unbranched alkanes of at least 4 members (excludes halogenated alkanes) is 1. The molecule has 0 saturated heterocycles. The minimum absolute atomic E-state index is 0.135. The lowest BCUT2D eigenvalue weighted by molar-refractivity contribution is -0.147. The quantitative estimate of drug-likeness (QED) is 0.0445. The summed E-state index contributed by atoms with van der Waals surface area (Å²) in [5, 5.41) is 13.4. The van der Waals surface area contributed by atoms with E-state index in [2.05, 4.69) is 31.2 Å². The Morgan fingerprint density at radius 2 is 0.960 bits per heavy atom. The van der Waals surface area contributed by atoms with Gasteiger partial charge in [0.25, 0.3) is 11.8 Å². The molecule has 8 aromatic rings. The number of hydrogen-bond acceptors (Lipinski definition) is 14. The van der Waals surface area contributed by atoms with E-state index in [4.69, 9.17) is 18.9 Å². The first kappa shape index (κ1) is 54.8. The van der Waals surface area contributed by atoms with Crippen LogP contribution in [0.1, 0.15) is 68.2 Å². The van der Waals surface area contributed by atoms with Gasteiger partial charge in [0.2, 0.25) is 0 Å². The summed E-state index contributed by atoms with van der Waals surface area (Å²) < 4.78 is 49.6. The second kappa shape index (κ2) is 25.3. The first-order valence-electron chi connectivity index (χ1n) is 24.2. The minimum atomic E-state index is -0.763. The second-order valence-electron chi connectivity index (χ2n) is 17.9. The van der Waals surface area contributed by atoms with Crippen molar-refractivity contribution in [1.29, 1.82) is 0 Å². The number of nitrogens with zero attached hydrogens (tertiary/aromatic N) is 2. The summed E-state index contributed by atoms with van der Waals surface area (Å²) in [6, 6.07) is 33.6. The van der Waals surface area contributed by atoms with Gasteiger partial charge in [-0.2, -0.15) is 0 Å². The number of aromatic nitrogens is 2. The van der Waals surface area contributed by atoms with Crippen LogP contribution in [0.25, 0.3) is 42.7 Å². The molecule has 0 radical (unpaired) electrons. The first-order chi connectivity index (χ1) is 36.1. The van der Waals surface area contributed by atoms with Crippen molar-refractivity contribution in [2.75, 3.05) is 38.6 Å². The molecule has 0 fully saturated rings. The standard InChI is InChI=1S/C30H32FN3O4S.C27H26FN3O4S/c1-5-6-15-38-29(36)27(18(2)3)34-28(35)23-13-9-20(16-25(23)37-4)19-7-11-22(12-8-19)32-30-33-24-14-10-21(31)17-26(24)39-30;1-15(2)24(26(33)35-4)31-25(32)20-11-7-17(13-22(20)34-3)16-5-9-19(10-6-16)29-27-30-21-12-8-18(28)14-23(21)36-27/h7-14,16-18,27H,5-6,15H2,1-4H3,(H,32,33)(H,34,35);5-15,24H,1-4H3,(H,29,30)(H,31,32)/t27-;24-/m00/s1. The van der Waals surface area contributed by atoms with E-state index in [0.717, 1.165) is 66.9 Å². The maximum Gasteiger partial charge on any atom is 0.328 e. The number of methoxy groups -OCH3 is 3. The van der Waals surface area contributed by atoms with E-state index in [1.54, 1.807) is 36.4 Å². The molecule has 4 N–H and O–H groups in total. The molecule has 75 heavy (non-hydrogen) atoms. The highest BCUT2D eigenvalue weighted by Gasteiger charge is 2.28. The average molecular weight is 1060 g/mol. The molecular formula is C57H58F2N6O8S2. The highest BCUT2D eigenvalue weighted by atomic mass is 32.1. The fourth-order valence-corrected chi connectivity index (χ4v) is 9.55. The van der Waals surface area contributed by atoms with E-state index in [9.17, 15) is 28.0 Å². The lowest BCUT2D eigenvalue weighted by Gasteiger charge is -2.21. The number of amides is 2. The van der Waals surface area contributed by atoms with Crippen LogP contribution in [0.2, 0.25) is 0 Å². The van der Waals surface area contributed by atoms with Crippen LogP contribution in [0.5, 0.6) is 11.5 Å². The Morgan fingerprint density at radius 3 is 1.35 bits per heavy atom. The zero-order chi connectivity index (χ0) is 53.8. The van der Waals surface area contributed by atoms with Crippen molar-refractivity contribution < 1.29 is 46.9 Å². The van der Waals surface area contributed by atoms with Gasteiger partial charge in [0.15, 0.2) is 10.3 Å². The topological polar surface area (TPSA) is 179 Å². The van der Waals surface area contributed by atoms with Crippen LogP contribution in [0.15, 0.2) is 121 Å². The summed E-state index contributed by atoms with van der Waals surface area (Å²) in [5.41, 5.74) is 7.38. The van der Waals surface area contributed by atoms with Crippen molar-refractivity contribution in [3.05, 3.63) is 144 Å². The van der Waals surface area contributed by atoms with Crippen molar-refractivity contribution in [3.8, 4) is 33.8 Å². The van der Waals surface area contributed by atoms with Crippen molar-refractivity contribution in [3.63, 3.8) is 0 Å². The van der Waals surface area contributed by atoms with Crippen molar-refractivity contribution in [2.45, 2.75) is 59.5 Å². The van der Waals surface area contributed by atoms with E-state index in [1.165, 1.54) is 68.3 Å². The third kappa shape index (κ3) is 14.0. The Kier molecular flexibility index (Phi) is 18.5. The molecule has 2 atom stereocenters. The fourth-order valence-electron chi connectivity index (χ4n) is 7.73. The van der Waals surface area contributed by atoms with Gasteiger partial charge in [-0.15, -0.1) is 0 Å². The Balaban J connectivity index is 0.000000219. The van der Waals surface area contributed by atoms with Gasteiger partial charge in [0, 0.05) is 11.4 Å². The number of nitrogens with one attached hydrogen (secondary N) is 4. The molecule has 2 aromatic heterocycles. The van der Waals surface area contributed by atoms with Gasteiger partial charge in [-0.05, 0) is 125 Å². The molecule has 6 aromatic carbocycles. The molecule has 14 nitrogen and oxygen atoms in total. The smallest absolute Gasteiger partial charge is 0.328 e. The Labute approximate surface area is 441 Å². The molecule has 2 heterocycles. The molecule has 8 rings (SSSR count). The number of carbonyl (C=O) groups excluding carboxylic acids is 4. The molecule has 18 heteroatoms. The summed E-state index contributed by atoms with van der Waals surface area (Å²) in [7, 11) is 4.29. The van der Waals surface area contributed by atoms with Gasteiger partial charge in [0.1, 0.15) is 35.2 Å². The highest BCUT2D eigenvalue weighted by Crippen LogP contribution is 2.34. The van der Waals surface area contributed by atoms with Crippen LogP contribution < -0.4 is 30.7 Å². The van der Waals surface area contributed by atoms with Crippen molar-refractivity contribution in [2.24, 2.45) is 11.8 Å². The van der Waals surface area contributed by atoms with Gasteiger partial charge in [-0.25, -0.2) is 28.3 Å². The van der Waals surface area contributed by atoms with Crippen LogP contribution in [0.4, 0.5) is 30.4 Å². The third-order valence-electron chi connectivity index (χ3n) is 11.9. The maximum absolute atomic E-state index is 13.5. The number of hydrogen-bond donors (Lipinski definition) is 4. The number of rotatable bonds is 19. The largest absolute Gasteiger partial charge is 0.496 e. The monoisotopic (exact) mass is 1060 g/mol. The second-order valence-corrected chi connectivity index (χ2v) is 20.0. The highest BCUT2D eigenvalue weighted by molar-refractivity contribution is 7.22. The molecule has 390 valence electrons. The van der Waals surface area contributed by atoms with Gasteiger partial charge >= 0.3 is 11.9 Å². The number of anilines is 4. The number of ether oxygens (including phenoxy) is 4. The summed E-state index contributed by atoms with van der Waals surface area (Å²) >= 11 is 2.76. The van der Waals surface area contributed by atoms with Gasteiger partial charge in [-0.1, -0.05) is 100 Å². The molecular weight excluding hydrogens is 999 g/mol. The minimum Gasteiger partial charge on any atom is -0.496 e. The third-order valence-corrected chi connectivity index (χ3v) is 13.8. The number of esters is 2. The molecule has 0 saturated carbocycles. The number of fused-ring (bicyclic) bond motifs is 2. The number of halogens is 2. The molecule has 0 unspecified atom stereocenters. The Bertz CT molecular complexity index is 3290. The zero-order valence-electron chi connectivity index (χ0n) is 42.7. The van der Waals surface area contributed by atoms with Crippen molar-refractivity contribution >= 4 is 88.5 Å². The number of carbonyl (C=O) groups is 4. The molecule has 0 spiro atoms. The van der Waals surface area contributed by atoms with Gasteiger partial charge < -0.3 is 40.2 Å². The lowest BCUT2D eigenvalue weighted by Crippen LogP contribution is -2.45. The lowest BCUT2D eigenvalue weighted by atomic mass is 10.0. The number of benzene rings is 6. The van der Waals surface area contributed by atoms with Crippen LogP contribution in [0.3, 0.4) is 0 Å². The Hall–Kier alpha value is -7.96. The van der Waals surface area contributed by atoms with E-state index < -0.39 is 35.8 Å². The number of thiazole rings is 2. The summed E-state index contributed by atoms with van der Waals surface area (Å²) in [6.45, 7) is 9.74. The molecule has 0 aliphatic heterocycles. The zero-order valence-corrected chi connectivity index (χ0v) is 44.3. The van der Waals surface area contributed by atoms with Crippen LogP contribution >= 0.6 is 22.7 Å². The molecule has 0 aliphatic rings. The Morgan fingerprint density at radius 1 is 0.547 bits per heavy atom. The SMILES string of the molecule is CCCCOC(=O)[C@@H](NC(=O)c1ccc(-c2ccc(Nc3nc4ccc(F)cc4s3)cc2)cc1OC)C(C)C.COC(=O)[C@@H](NC(=O)c1ccc(-c2ccc(Nc3nc4ccc(F)cc4s3)cc2)cc1OC)C(C)C. The van der Waals surface area contributed by atoms with Crippen LogP contribution in [-0.2, 0) is 19.1 Å². The van der Waals surface area contributed by atoms with E-state index in [-0.39, 0.29) is 23.5 Å². The van der Waals surface area contributed by atoms with Gasteiger partial charge in [0.05, 0.1) is 59.5 Å². The molecule has 2 amide bonds. The summed E-state index contributed by atoms with van der Waals surface area (Å²) in [5.74, 6) is -1.81. The normalized spacial score (nSPS) is 11.8. The maximum atomic E-state index is 13.5. The van der Waals surface area contributed by atoms with Crippen LogP contribution in [-0.4, -0.2) is 73.7 Å². The summed E-state index contributed by atoms with van der Waals surface area (Å²) in [6.07, 6.45) is 1.69. The van der Waals surface area contributed by atoms with E-state index >= 15 is 0 Å². The van der Waals surface area contributed by atoms with Crippen LogP contribution in [0, 0.1) is 23.5 Å². The molecule has 0 aliphatic carbocycles. The summed E-state index contributed by atoms with van der Waals surface area (Å²) in [4.78, 5) is 59.5. The van der Waals surface area contributed by atoms with E-state index in [0.29, 0.717) is 39.5 Å². The predicted octanol–water partition coefficient (Wildman–Crippen LogP) is 12.7. The first-order valence-corrected chi connectivity index (χ1v) is 25.8. The average Bonchev–Trinajstić information content (AvgIpc) is 4.01. The predicted molar refractivity (Wildman–Crippen MR) is 293 cm³/mol. The fraction of sp³-hybridized carbons (Fsp3) is 0.263. The van der Waals surface area contributed by atoms with E-state index in [1.807, 2.05) is 95.3 Å². The molecule has 0 bridgehead atoms.